The molecule has 2 unspecified atom stereocenters. The van der Waals surface area contributed by atoms with E-state index in [0.717, 1.165) is 68.6 Å². The summed E-state index contributed by atoms with van der Waals surface area (Å²) in [6.45, 7) is 5.65. The fourth-order valence-corrected chi connectivity index (χ4v) is 6.31. The van der Waals surface area contributed by atoms with Gasteiger partial charge >= 0.3 is 0 Å². The summed E-state index contributed by atoms with van der Waals surface area (Å²) in [6, 6.07) is 6.24. The third kappa shape index (κ3) is 4.01. The van der Waals surface area contributed by atoms with Crippen molar-refractivity contribution in [3.05, 3.63) is 67.2 Å². The lowest BCUT2D eigenvalue weighted by atomic mass is 9.89. The van der Waals surface area contributed by atoms with Crippen LogP contribution in [-0.4, -0.2) is 42.0 Å². The Hall–Kier alpha value is -2.45. The molecular weight excluding hydrogens is 470 g/mol. The largest absolute Gasteiger partial charge is 0.481 e. The van der Waals surface area contributed by atoms with Gasteiger partial charge in [0.15, 0.2) is 11.9 Å². The van der Waals surface area contributed by atoms with E-state index in [1.807, 2.05) is 31.2 Å². The molecule has 34 heavy (non-hydrogen) atoms. The summed E-state index contributed by atoms with van der Waals surface area (Å²) in [4.78, 5) is 8.22. The van der Waals surface area contributed by atoms with Gasteiger partial charge in [-0.05, 0) is 65.2 Å². The van der Waals surface area contributed by atoms with E-state index in [1.54, 1.807) is 0 Å². The van der Waals surface area contributed by atoms with Gasteiger partial charge in [0.25, 0.3) is 0 Å². The molecule has 8 heteroatoms. The fourth-order valence-electron chi connectivity index (χ4n) is 5.01. The molecule has 0 saturated heterocycles. The molecule has 0 fully saturated rings. The molecule has 3 aromatic rings. The van der Waals surface area contributed by atoms with Crippen molar-refractivity contribution in [3.63, 3.8) is 0 Å². The number of likely N-dealkylation sites (N-methyl/N-ethyl adjacent to an activating group) is 1. The molecule has 5 rings (SSSR count). The summed E-state index contributed by atoms with van der Waals surface area (Å²) in [7, 11) is 4.24. The molecule has 3 heterocycles. The topological polar surface area (TPSA) is 71.1 Å². The second kappa shape index (κ2) is 9.30. The van der Waals surface area contributed by atoms with E-state index in [9.17, 15) is 5.11 Å². The number of nitrogens with zero attached hydrogens (tertiary/aromatic N) is 3. The number of hydrogen-bond acceptors (Lipinski definition) is 7. The lowest BCUT2D eigenvalue weighted by Gasteiger charge is -2.27. The summed E-state index contributed by atoms with van der Waals surface area (Å²) >= 11 is 8.07. The first kappa shape index (κ1) is 23.3. The normalized spacial score (nSPS) is 19.8. The van der Waals surface area contributed by atoms with Gasteiger partial charge in [-0.25, -0.2) is 0 Å². The van der Waals surface area contributed by atoms with Gasteiger partial charge in [-0.15, -0.1) is 11.3 Å². The number of aromatic nitrogens is 1. The molecule has 1 N–H and O–H groups in total. The number of hydrogen-bond donors (Lipinski definition) is 1. The molecule has 6 nitrogen and oxygen atoms in total. The number of thiophene rings is 1. The second-order valence-electron chi connectivity index (χ2n) is 9.03. The van der Waals surface area contributed by atoms with E-state index < -0.39 is 0 Å². The van der Waals surface area contributed by atoms with E-state index in [-0.39, 0.29) is 12.7 Å². The molecule has 2 atom stereocenters. The van der Waals surface area contributed by atoms with Crippen LogP contribution < -0.4 is 4.74 Å². The second-order valence-corrected chi connectivity index (χ2v) is 10.6. The third-order valence-electron chi connectivity index (χ3n) is 6.79. The third-order valence-corrected chi connectivity index (χ3v) is 8.15. The van der Waals surface area contributed by atoms with Crippen LogP contribution in [0.4, 0.5) is 5.69 Å². The summed E-state index contributed by atoms with van der Waals surface area (Å²) in [6.07, 6.45) is 5.38. The zero-order valence-corrected chi connectivity index (χ0v) is 21.2. The number of fused-ring (bicyclic) bond motifs is 2. The summed E-state index contributed by atoms with van der Waals surface area (Å²) in [5.74, 6) is 1.63. The first-order valence-corrected chi connectivity index (χ1v) is 12.6. The Balaban J connectivity index is 1.52. The standard InChI is InChI=1S/C26H28ClN3O3S/c1-5-18(26-22(28-2)12-17(13-31)34-26)19-10-15(27)8-14-9-23(32-24(14)19)25-20-11-16(30(3)4)6-7-21(20)29-33-25/h5,8,10,12,16,23,31H,2,6-7,9,11,13H2,1,3-4H3/b18-5-. The number of aryl methyl sites for hydroxylation is 1. The average Bonchev–Trinajstić information content (AvgIpc) is 3.54. The van der Waals surface area contributed by atoms with Crippen molar-refractivity contribution >= 4 is 40.9 Å². The molecular formula is C26H28ClN3O3S. The molecule has 0 amide bonds. The Morgan fingerprint density at radius 3 is 2.88 bits per heavy atom. The molecule has 0 radical (unpaired) electrons. The van der Waals surface area contributed by atoms with E-state index in [2.05, 4.69) is 35.9 Å². The minimum atomic E-state index is -0.240. The molecule has 0 spiro atoms. The molecule has 2 aromatic heterocycles. The molecule has 178 valence electrons. The Morgan fingerprint density at radius 1 is 1.35 bits per heavy atom. The van der Waals surface area contributed by atoms with Gasteiger partial charge in [0.05, 0.1) is 22.9 Å². The SMILES string of the molecule is C=Nc1cc(CO)sc1/C(=C\C)c1cc(Cl)cc2c1OC(c1onc3c1CC(N(C)C)CC3)C2. The van der Waals surface area contributed by atoms with Crippen LogP contribution in [0.25, 0.3) is 5.57 Å². The van der Waals surface area contributed by atoms with Crippen LogP contribution in [0.1, 0.15) is 57.3 Å². The van der Waals surface area contributed by atoms with Crippen molar-refractivity contribution in [1.29, 1.82) is 0 Å². The Morgan fingerprint density at radius 2 is 2.18 bits per heavy atom. The van der Waals surface area contributed by atoms with E-state index >= 15 is 0 Å². The van der Waals surface area contributed by atoms with Gasteiger partial charge < -0.3 is 19.3 Å². The van der Waals surface area contributed by atoms with Crippen LogP contribution >= 0.6 is 22.9 Å². The Labute approximate surface area is 208 Å². The molecule has 2 aliphatic rings. The maximum atomic E-state index is 9.65. The number of aliphatic imine (C=N–C) groups is 1. The van der Waals surface area contributed by atoms with Crippen LogP contribution in [0.5, 0.6) is 5.75 Å². The maximum Gasteiger partial charge on any atom is 0.181 e. The average molecular weight is 498 g/mol. The molecule has 0 bridgehead atoms. The highest BCUT2D eigenvalue weighted by atomic mass is 35.5. The number of benzene rings is 1. The van der Waals surface area contributed by atoms with Crippen LogP contribution in [0, 0.1) is 0 Å². The predicted octanol–water partition coefficient (Wildman–Crippen LogP) is 5.76. The highest BCUT2D eigenvalue weighted by molar-refractivity contribution is 7.13. The van der Waals surface area contributed by atoms with Gasteiger partial charge in [0, 0.05) is 44.6 Å². The number of aliphatic hydroxyl groups excluding tert-OH is 1. The number of allylic oxidation sites excluding steroid dienone is 1. The zero-order chi connectivity index (χ0) is 24.0. The quantitative estimate of drug-likeness (QED) is 0.438. The maximum absolute atomic E-state index is 9.65. The van der Waals surface area contributed by atoms with Crippen LogP contribution in [0.15, 0.2) is 33.8 Å². The predicted molar refractivity (Wildman–Crippen MR) is 137 cm³/mol. The Bertz CT molecular complexity index is 1280. The van der Waals surface area contributed by atoms with E-state index in [4.69, 9.17) is 20.9 Å². The number of halogens is 1. The lowest BCUT2D eigenvalue weighted by Crippen LogP contribution is -2.33. The van der Waals surface area contributed by atoms with Crippen LogP contribution in [-0.2, 0) is 25.9 Å². The van der Waals surface area contributed by atoms with Gasteiger partial charge in [-0.2, -0.15) is 0 Å². The highest BCUT2D eigenvalue weighted by Crippen LogP contribution is 2.48. The minimum absolute atomic E-state index is 0.0407. The van der Waals surface area contributed by atoms with Gasteiger partial charge in [0.2, 0.25) is 0 Å². The van der Waals surface area contributed by atoms with Gasteiger partial charge in [-0.1, -0.05) is 22.8 Å². The van der Waals surface area contributed by atoms with Gasteiger partial charge in [-0.3, -0.25) is 4.99 Å². The molecule has 1 aromatic carbocycles. The minimum Gasteiger partial charge on any atom is -0.481 e. The van der Waals surface area contributed by atoms with Crippen LogP contribution in [0.2, 0.25) is 5.02 Å². The lowest BCUT2D eigenvalue weighted by molar-refractivity contribution is 0.187. The molecule has 1 aliphatic heterocycles. The number of ether oxygens (including phenoxy) is 1. The van der Waals surface area contributed by atoms with E-state index in [1.165, 1.54) is 16.9 Å². The number of rotatable bonds is 6. The zero-order valence-electron chi connectivity index (χ0n) is 19.6. The molecule has 1 aliphatic carbocycles. The smallest absolute Gasteiger partial charge is 0.181 e. The Kier molecular flexibility index (Phi) is 6.37. The van der Waals surface area contributed by atoms with Gasteiger partial charge in [0.1, 0.15) is 5.75 Å². The molecule has 0 saturated carbocycles. The first-order valence-electron chi connectivity index (χ1n) is 11.4. The van der Waals surface area contributed by atoms with Crippen molar-refractivity contribution in [2.45, 2.75) is 51.4 Å². The van der Waals surface area contributed by atoms with E-state index in [0.29, 0.717) is 17.5 Å². The fraction of sp³-hybridized carbons (Fsp3) is 0.385. The highest BCUT2D eigenvalue weighted by Gasteiger charge is 2.36. The first-order chi connectivity index (χ1) is 16.4. The van der Waals surface area contributed by atoms with Crippen molar-refractivity contribution in [2.75, 3.05) is 14.1 Å². The van der Waals surface area contributed by atoms with Crippen molar-refractivity contribution in [2.24, 2.45) is 4.99 Å². The van der Waals surface area contributed by atoms with Crippen molar-refractivity contribution < 1.29 is 14.4 Å². The van der Waals surface area contributed by atoms with Crippen molar-refractivity contribution in [1.82, 2.24) is 10.1 Å². The number of aliphatic hydroxyl groups is 1. The van der Waals surface area contributed by atoms with Crippen molar-refractivity contribution in [3.8, 4) is 5.75 Å². The summed E-state index contributed by atoms with van der Waals surface area (Å²) < 4.78 is 12.4. The summed E-state index contributed by atoms with van der Waals surface area (Å²) in [5.41, 5.74) is 5.89. The van der Waals surface area contributed by atoms with Crippen LogP contribution in [0.3, 0.4) is 0 Å². The summed E-state index contributed by atoms with van der Waals surface area (Å²) in [5, 5.41) is 14.7. The monoisotopic (exact) mass is 497 g/mol.